The van der Waals surface area contributed by atoms with E-state index < -0.39 is 6.36 Å². The lowest BCUT2D eigenvalue weighted by atomic mass is 10.1. The fourth-order valence-corrected chi connectivity index (χ4v) is 3.52. The molecule has 1 saturated heterocycles. The van der Waals surface area contributed by atoms with E-state index in [9.17, 15) is 13.2 Å². The molecule has 11 heteroatoms. The van der Waals surface area contributed by atoms with Gasteiger partial charge >= 0.3 is 6.36 Å². The van der Waals surface area contributed by atoms with Gasteiger partial charge in [-0.05, 0) is 18.1 Å². The van der Waals surface area contributed by atoms with Gasteiger partial charge in [0, 0.05) is 44.3 Å². The Labute approximate surface area is 182 Å². The van der Waals surface area contributed by atoms with Crippen molar-refractivity contribution in [2.24, 2.45) is 10.7 Å². The normalized spacial score (nSPS) is 15.3. The first-order valence-corrected chi connectivity index (χ1v) is 9.33. The maximum atomic E-state index is 12.5. The number of benzene rings is 1. The van der Waals surface area contributed by atoms with Crippen molar-refractivity contribution in [3.05, 3.63) is 41.4 Å². The van der Waals surface area contributed by atoms with Gasteiger partial charge in [0.1, 0.15) is 5.75 Å². The molecule has 2 heterocycles. The number of hydrogen-bond donors (Lipinski definition) is 1. The zero-order valence-corrected chi connectivity index (χ0v) is 18.1. The molecule has 0 unspecified atom stereocenters. The fourth-order valence-electron chi connectivity index (χ4n) is 2.82. The molecule has 6 nitrogen and oxygen atoms in total. The molecule has 1 aliphatic rings. The largest absolute Gasteiger partial charge is 0.573 e. The number of guanidine groups is 1. The van der Waals surface area contributed by atoms with Gasteiger partial charge in [-0.15, -0.1) is 48.5 Å². The topological polar surface area (TPSA) is 67.0 Å². The quantitative estimate of drug-likeness (QED) is 0.367. The van der Waals surface area contributed by atoms with Gasteiger partial charge in [-0.1, -0.05) is 18.2 Å². The number of alkyl halides is 3. The van der Waals surface area contributed by atoms with Crippen LogP contribution < -0.4 is 15.4 Å². The minimum absolute atomic E-state index is 0. The Morgan fingerprint density at radius 3 is 2.57 bits per heavy atom. The lowest BCUT2D eigenvalue weighted by Gasteiger charge is -2.35. The maximum absolute atomic E-state index is 12.5. The lowest BCUT2D eigenvalue weighted by Crippen LogP contribution is -2.51. The zero-order valence-electron chi connectivity index (χ0n) is 14.9. The molecular formula is C17H21F3IN5OS. The summed E-state index contributed by atoms with van der Waals surface area (Å²) in [6.45, 7) is 3.33. The molecular weight excluding hydrogens is 506 g/mol. The zero-order chi connectivity index (χ0) is 19.3. The van der Waals surface area contributed by atoms with Crippen LogP contribution in [0.3, 0.4) is 0 Å². The van der Waals surface area contributed by atoms with Crippen LogP contribution in [0.5, 0.6) is 5.75 Å². The Morgan fingerprint density at radius 1 is 1.21 bits per heavy atom. The average Bonchev–Trinajstić information content (AvgIpc) is 3.17. The molecule has 28 heavy (non-hydrogen) atoms. The SMILES string of the molecule is I.NC(=NCCc1ccccc1OC(F)(F)F)N1CCN(c2nccs2)CC1. The van der Waals surface area contributed by atoms with Gasteiger partial charge in [0.15, 0.2) is 11.1 Å². The van der Waals surface area contributed by atoms with Gasteiger partial charge in [0.2, 0.25) is 0 Å². The number of nitrogens with zero attached hydrogens (tertiary/aromatic N) is 4. The molecule has 0 amide bonds. The molecule has 0 aliphatic carbocycles. The van der Waals surface area contributed by atoms with E-state index in [2.05, 4.69) is 19.6 Å². The number of rotatable bonds is 5. The summed E-state index contributed by atoms with van der Waals surface area (Å²) in [5, 5.41) is 2.93. The van der Waals surface area contributed by atoms with Gasteiger partial charge in [0.05, 0.1) is 0 Å². The van der Waals surface area contributed by atoms with Crippen LogP contribution in [-0.4, -0.2) is 54.9 Å². The predicted octanol–water partition coefficient (Wildman–Crippen LogP) is 3.34. The van der Waals surface area contributed by atoms with E-state index >= 15 is 0 Å². The third kappa shape index (κ3) is 6.40. The highest BCUT2D eigenvalue weighted by Crippen LogP contribution is 2.26. The lowest BCUT2D eigenvalue weighted by molar-refractivity contribution is -0.274. The highest BCUT2D eigenvalue weighted by atomic mass is 127. The van der Waals surface area contributed by atoms with Gasteiger partial charge < -0.3 is 20.3 Å². The summed E-state index contributed by atoms with van der Waals surface area (Å²) in [7, 11) is 0. The molecule has 154 valence electrons. The van der Waals surface area contributed by atoms with E-state index in [1.807, 2.05) is 10.3 Å². The van der Waals surface area contributed by atoms with Gasteiger partial charge in [-0.2, -0.15) is 0 Å². The second-order valence-electron chi connectivity index (χ2n) is 5.93. The summed E-state index contributed by atoms with van der Waals surface area (Å²) in [4.78, 5) is 12.8. The Kier molecular flexibility index (Phi) is 8.16. The monoisotopic (exact) mass is 527 g/mol. The smallest absolute Gasteiger partial charge is 0.406 e. The minimum Gasteiger partial charge on any atom is -0.406 e. The van der Waals surface area contributed by atoms with Crippen molar-refractivity contribution in [2.75, 3.05) is 37.6 Å². The first-order valence-electron chi connectivity index (χ1n) is 8.45. The molecule has 1 fully saturated rings. The summed E-state index contributed by atoms with van der Waals surface area (Å²) in [6, 6.07) is 6.07. The fraction of sp³-hybridized carbons (Fsp3) is 0.412. The van der Waals surface area contributed by atoms with Crippen molar-refractivity contribution in [3.8, 4) is 5.75 Å². The van der Waals surface area contributed by atoms with E-state index in [4.69, 9.17) is 5.73 Å². The maximum Gasteiger partial charge on any atom is 0.573 e. The van der Waals surface area contributed by atoms with Crippen LogP contribution in [0.2, 0.25) is 0 Å². The van der Waals surface area contributed by atoms with E-state index in [-0.39, 0.29) is 36.3 Å². The van der Waals surface area contributed by atoms with Crippen LogP contribution in [0.15, 0.2) is 40.8 Å². The van der Waals surface area contributed by atoms with Crippen molar-refractivity contribution < 1.29 is 17.9 Å². The number of thiazole rings is 1. The van der Waals surface area contributed by atoms with Crippen LogP contribution in [0.1, 0.15) is 5.56 Å². The number of ether oxygens (including phenoxy) is 1. The number of anilines is 1. The highest BCUT2D eigenvalue weighted by Gasteiger charge is 2.31. The number of aliphatic imine (C=N–C) groups is 1. The third-order valence-corrected chi connectivity index (χ3v) is 4.98. The van der Waals surface area contributed by atoms with Crippen LogP contribution in [0.25, 0.3) is 0 Å². The minimum atomic E-state index is -4.71. The Hall–Kier alpha value is -1.76. The summed E-state index contributed by atoms with van der Waals surface area (Å²) in [6.07, 6.45) is -2.62. The number of hydrogen-bond acceptors (Lipinski definition) is 5. The summed E-state index contributed by atoms with van der Waals surface area (Å²) in [5.41, 5.74) is 6.49. The van der Waals surface area contributed by atoms with E-state index in [0.717, 1.165) is 31.3 Å². The average molecular weight is 527 g/mol. The first kappa shape index (κ1) is 22.5. The van der Waals surface area contributed by atoms with Crippen LogP contribution in [-0.2, 0) is 6.42 Å². The molecule has 1 aromatic heterocycles. The summed E-state index contributed by atoms with van der Waals surface area (Å²) in [5.74, 6) is 0.207. The van der Waals surface area contributed by atoms with Crippen molar-refractivity contribution in [1.29, 1.82) is 0 Å². The number of aromatic nitrogens is 1. The van der Waals surface area contributed by atoms with Gasteiger partial charge in [-0.25, -0.2) is 4.98 Å². The molecule has 2 N–H and O–H groups in total. The number of halogens is 4. The molecule has 0 radical (unpaired) electrons. The predicted molar refractivity (Wildman–Crippen MR) is 115 cm³/mol. The molecule has 3 rings (SSSR count). The van der Waals surface area contributed by atoms with E-state index in [1.165, 1.54) is 12.1 Å². The summed E-state index contributed by atoms with van der Waals surface area (Å²) < 4.78 is 41.4. The molecule has 0 atom stereocenters. The second-order valence-corrected chi connectivity index (χ2v) is 6.81. The van der Waals surface area contributed by atoms with E-state index in [0.29, 0.717) is 17.9 Å². The Bertz CT molecular complexity index is 764. The Balaban J connectivity index is 0.00000280. The van der Waals surface area contributed by atoms with Gasteiger partial charge in [0.25, 0.3) is 0 Å². The molecule has 1 aliphatic heterocycles. The second kappa shape index (κ2) is 10.1. The molecule has 0 bridgehead atoms. The molecule has 1 aromatic carbocycles. The van der Waals surface area contributed by atoms with Crippen molar-refractivity contribution in [1.82, 2.24) is 9.88 Å². The van der Waals surface area contributed by atoms with E-state index in [1.54, 1.807) is 29.7 Å². The molecule has 0 saturated carbocycles. The van der Waals surface area contributed by atoms with Crippen LogP contribution in [0, 0.1) is 0 Å². The van der Waals surface area contributed by atoms with Crippen LogP contribution >= 0.6 is 35.3 Å². The summed E-state index contributed by atoms with van der Waals surface area (Å²) >= 11 is 1.60. The Morgan fingerprint density at radius 2 is 1.93 bits per heavy atom. The highest BCUT2D eigenvalue weighted by molar-refractivity contribution is 14.0. The molecule has 2 aromatic rings. The third-order valence-electron chi connectivity index (χ3n) is 4.15. The number of piperazine rings is 1. The van der Waals surface area contributed by atoms with Crippen molar-refractivity contribution in [3.63, 3.8) is 0 Å². The molecule has 0 spiro atoms. The van der Waals surface area contributed by atoms with Gasteiger partial charge in [-0.3, -0.25) is 4.99 Å². The van der Waals surface area contributed by atoms with Crippen molar-refractivity contribution >= 4 is 46.4 Å². The van der Waals surface area contributed by atoms with Crippen molar-refractivity contribution in [2.45, 2.75) is 12.8 Å². The first-order chi connectivity index (χ1) is 12.9. The van der Waals surface area contributed by atoms with Crippen LogP contribution in [0.4, 0.5) is 18.3 Å². The number of para-hydroxylation sites is 1. The number of nitrogens with two attached hydrogens (primary N) is 1. The standard InChI is InChI=1S/C17H20F3N5OS.HI/c18-17(19,20)26-14-4-2-1-3-13(14)5-6-22-15(21)24-8-10-25(11-9-24)16-23-7-12-27-16;/h1-4,7,12H,5-6,8-11H2,(H2,21,22);1H.